The Morgan fingerprint density at radius 2 is 1.94 bits per heavy atom. The van der Waals surface area contributed by atoms with Crippen LogP contribution >= 0.6 is 11.6 Å². The Balaban J connectivity index is 1.41. The molecule has 1 amide bonds. The fourth-order valence-corrected chi connectivity index (χ4v) is 5.46. The number of rotatable bonds is 8. The Kier molecular flexibility index (Phi) is 8.90. The lowest BCUT2D eigenvalue weighted by atomic mass is 10.0. The molecule has 4 heterocycles. The maximum Gasteiger partial charge on any atom is 0.416 e. The summed E-state index contributed by atoms with van der Waals surface area (Å²) in [5, 5.41) is 17.0. The van der Waals surface area contributed by atoms with Crippen molar-refractivity contribution in [1.82, 2.24) is 29.1 Å². The number of halogens is 4. The number of aromatic nitrogens is 6. The molecule has 0 saturated heterocycles. The van der Waals surface area contributed by atoms with E-state index in [4.69, 9.17) is 21.1 Å². The number of amides is 1. The van der Waals surface area contributed by atoms with Crippen LogP contribution in [0.3, 0.4) is 0 Å². The minimum absolute atomic E-state index is 0.0139. The molecule has 5 aromatic rings. The number of fused-ring (bicyclic) bond motifs is 1. The smallest absolute Gasteiger partial charge is 0.416 e. The fraction of sp³-hybridized carbons (Fsp3) is 0.250. The van der Waals surface area contributed by atoms with Gasteiger partial charge in [-0.25, -0.2) is 4.98 Å². The summed E-state index contributed by atoms with van der Waals surface area (Å²) in [5.41, 5.74) is 0.857. The number of alkyl halides is 3. The SMILES string of the molecule is CCc1c(-c2ccc(Oc3ncnc(C)c3O)cc2)c(=O)n2nc(C3=CCOCC3)nc2n1CC(=O)Nc1ccc(C(F)(F)F)cc1Cl. The molecule has 6 rings (SSSR count). The van der Waals surface area contributed by atoms with Gasteiger partial charge in [0.05, 0.1) is 40.7 Å². The van der Waals surface area contributed by atoms with Gasteiger partial charge in [0.1, 0.15) is 18.6 Å². The third-order valence-corrected chi connectivity index (χ3v) is 7.95. The lowest BCUT2D eigenvalue weighted by Crippen LogP contribution is -2.28. The number of ether oxygens (including phenoxy) is 2. The largest absolute Gasteiger partial charge is 0.502 e. The lowest BCUT2D eigenvalue weighted by Gasteiger charge is -2.18. The van der Waals surface area contributed by atoms with E-state index in [1.807, 2.05) is 13.0 Å². The number of hydrogen-bond donors (Lipinski definition) is 2. The molecule has 3 aromatic heterocycles. The van der Waals surface area contributed by atoms with Gasteiger partial charge in [-0.3, -0.25) is 9.59 Å². The van der Waals surface area contributed by atoms with Gasteiger partial charge in [0, 0.05) is 5.69 Å². The van der Waals surface area contributed by atoms with Gasteiger partial charge in [-0.2, -0.15) is 27.7 Å². The Hall–Kier alpha value is -5.28. The van der Waals surface area contributed by atoms with Gasteiger partial charge in [0.25, 0.3) is 11.4 Å². The zero-order valence-corrected chi connectivity index (χ0v) is 26.3. The third kappa shape index (κ3) is 6.46. The molecule has 0 atom stereocenters. The highest BCUT2D eigenvalue weighted by atomic mass is 35.5. The summed E-state index contributed by atoms with van der Waals surface area (Å²) in [7, 11) is 0. The van der Waals surface area contributed by atoms with Gasteiger partial charge in [0.2, 0.25) is 17.4 Å². The highest BCUT2D eigenvalue weighted by molar-refractivity contribution is 6.33. The predicted octanol–water partition coefficient (Wildman–Crippen LogP) is 5.83. The molecule has 1 aliphatic rings. The van der Waals surface area contributed by atoms with Crippen molar-refractivity contribution >= 4 is 34.5 Å². The van der Waals surface area contributed by atoms with E-state index in [2.05, 4.69) is 25.4 Å². The van der Waals surface area contributed by atoms with E-state index in [9.17, 15) is 27.9 Å². The van der Waals surface area contributed by atoms with Gasteiger partial charge < -0.3 is 24.5 Å². The quantitative estimate of drug-likeness (QED) is 0.207. The Labute approximate surface area is 275 Å². The summed E-state index contributed by atoms with van der Waals surface area (Å²) < 4.78 is 53.3. The number of aryl methyl sites for hydroxylation is 1. The van der Waals surface area contributed by atoms with Crippen molar-refractivity contribution in [1.29, 1.82) is 0 Å². The number of carbonyl (C=O) groups excluding carboxylic acids is 1. The molecule has 12 nitrogen and oxygen atoms in total. The molecule has 0 radical (unpaired) electrons. The minimum atomic E-state index is -4.60. The maximum atomic E-state index is 14.1. The van der Waals surface area contributed by atoms with Crippen LogP contribution < -0.4 is 15.6 Å². The average molecular weight is 682 g/mol. The number of hydrogen-bond acceptors (Lipinski definition) is 9. The van der Waals surface area contributed by atoms with E-state index >= 15 is 0 Å². The van der Waals surface area contributed by atoms with Crippen LogP contribution in [0.25, 0.3) is 22.5 Å². The molecule has 0 bridgehead atoms. The highest BCUT2D eigenvalue weighted by Gasteiger charge is 2.31. The standard InChI is InChI=1S/C32H27ClF3N7O5/c1-3-24-26(18-4-7-21(8-5-18)48-29-27(45)17(2)37-16-38-29)30(46)43-31(40-28(41-43)19-10-12-47-13-11-19)42(24)15-25(44)39-23-9-6-20(14-22(23)33)32(34,35)36/h4-10,14,16,45H,3,11-13,15H2,1-2H3,(H,39,44). The summed E-state index contributed by atoms with van der Waals surface area (Å²) in [4.78, 5) is 40.0. The topological polar surface area (TPSA) is 146 Å². The second-order valence-electron chi connectivity index (χ2n) is 10.7. The van der Waals surface area contributed by atoms with Crippen LogP contribution in [-0.4, -0.2) is 53.4 Å². The average Bonchev–Trinajstić information content (AvgIpc) is 3.52. The van der Waals surface area contributed by atoms with E-state index in [0.717, 1.165) is 28.3 Å². The number of benzene rings is 2. The van der Waals surface area contributed by atoms with E-state index in [0.29, 0.717) is 54.6 Å². The number of aromatic hydroxyl groups is 1. The molecule has 0 aliphatic carbocycles. The normalized spacial score (nSPS) is 13.4. The zero-order chi connectivity index (χ0) is 34.2. The first-order valence-corrected chi connectivity index (χ1v) is 15.1. The maximum absolute atomic E-state index is 14.1. The number of nitrogens with one attached hydrogen (secondary N) is 1. The molecule has 0 fully saturated rings. The van der Waals surface area contributed by atoms with Crippen LogP contribution in [0, 0.1) is 6.92 Å². The summed E-state index contributed by atoms with van der Waals surface area (Å²) in [6.45, 7) is 3.86. The molecule has 48 heavy (non-hydrogen) atoms. The first kappa shape index (κ1) is 32.7. The van der Waals surface area contributed by atoms with Gasteiger partial charge >= 0.3 is 6.18 Å². The monoisotopic (exact) mass is 681 g/mol. The van der Waals surface area contributed by atoms with E-state index in [-0.39, 0.29) is 40.2 Å². The molecular weight excluding hydrogens is 655 g/mol. The van der Waals surface area contributed by atoms with Crippen molar-refractivity contribution in [3.63, 3.8) is 0 Å². The molecule has 248 valence electrons. The highest BCUT2D eigenvalue weighted by Crippen LogP contribution is 2.34. The van der Waals surface area contributed by atoms with Crippen LogP contribution in [0.1, 0.15) is 36.1 Å². The van der Waals surface area contributed by atoms with Crippen LogP contribution in [0.2, 0.25) is 5.02 Å². The zero-order valence-electron chi connectivity index (χ0n) is 25.5. The molecule has 16 heteroatoms. The van der Waals surface area contributed by atoms with Gasteiger partial charge in [-0.05, 0) is 61.2 Å². The molecule has 2 aromatic carbocycles. The second kappa shape index (κ2) is 13.1. The van der Waals surface area contributed by atoms with Crippen molar-refractivity contribution in [2.75, 3.05) is 18.5 Å². The number of anilines is 1. The van der Waals surface area contributed by atoms with Crippen LogP contribution in [0.4, 0.5) is 18.9 Å². The Morgan fingerprint density at radius 3 is 2.60 bits per heavy atom. The lowest BCUT2D eigenvalue weighted by molar-refractivity contribution is -0.137. The molecule has 0 saturated carbocycles. The molecule has 0 spiro atoms. The Bertz CT molecular complexity index is 2130. The molecule has 1 aliphatic heterocycles. The van der Waals surface area contributed by atoms with Gasteiger partial charge in [-0.15, -0.1) is 5.10 Å². The molecule has 2 N–H and O–H groups in total. The summed E-state index contributed by atoms with van der Waals surface area (Å²) in [6.07, 6.45) is -0.709. The molecule has 0 unspecified atom stereocenters. The van der Waals surface area contributed by atoms with Gasteiger partial charge in [-0.1, -0.05) is 36.7 Å². The van der Waals surface area contributed by atoms with Crippen molar-refractivity contribution in [3.05, 3.63) is 93.0 Å². The fourth-order valence-electron chi connectivity index (χ4n) is 5.24. The van der Waals surface area contributed by atoms with Crippen molar-refractivity contribution in [2.45, 2.75) is 39.4 Å². The molecular formula is C32H27ClF3N7O5. The van der Waals surface area contributed by atoms with Crippen LogP contribution in [-0.2, 0) is 28.7 Å². The third-order valence-electron chi connectivity index (χ3n) is 7.64. The van der Waals surface area contributed by atoms with E-state index in [1.54, 1.807) is 35.8 Å². The van der Waals surface area contributed by atoms with Crippen LogP contribution in [0.15, 0.2) is 59.7 Å². The van der Waals surface area contributed by atoms with Gasteiger partial charge in [0.15, 0.2) is 5.82 Å². The van der Waals surface area contributed by atoms with Crippen LogP contribution in [0.5, 0.6) is 17.4 Å². The van der Waals surface area contributed by atoms with E-state index in [1.165, 1.54) is 6.33 Å². The Morgan fingerprint density at radius 1 is 1.17 bits per heavy atom. The summed E-state index contributed by atoms with van der Waals surface area (Å²) in [6, 6.07) is 9.12. The minimum Gasteiger partial charge on any atom is -0.502 e. The summed E-state index contributed by atoms with van der Waals surface area (Å²) >= 11 is 6.09. The first-order valence-electron chi connectivity index (χ1n) is 14.7. The predicted molar refractivity (Wildman–Crippen MR) is 169 cm³/mol. The second-order valence-corrected chi connectivity index (χ2v) is 11.2. The van der Waals surface area contributed by atoms with Crippen molar-refractivity contribution in [3.8, 4) is 28.5 Å². The van der Waals surface area contributed by atoms with Crippen molar-refractivity contribution in [2.24, 2.45) is 0 Å². The number of nitrogens with zero attached hydrogens (tertiary/aromatic N) is 6. The number of carbonyl (C=O) groups is 1. The summed E-state index contributed by atoms with van der Waals surface area (Å²) in [5.74, 6) is -0.134. The first-order chi connectivity index (χ1) is 22.9. The van der Waals surface area contributed by atoms with Crippen molar-refractivity contribution < 1.29 is 32.5 Å². The van der Waals surface area contributed by atoms with E-state index < -0.39 is 23.2 Å².